The van der Waals surface area contributed by atoms with Gasteiger partial charge in [-0.1, -0.05) is 0 Å². The fraction of sp³-hybridized carbons (Fsp3) is 1.00. The Hall–Kier alpha value is -0.960. The minimum absolute atomic E-state index is 0.00750. The third kappa shape index (κ3) is 4.79. The van der Waals surface area contributed by atoms with E-state index < -0.39 is 5.03 Å². The van der Waals surface area contributed by atoms with Gasteiger partial charge >= 0.3 is 0 Å². The van der Waals surface area contributed by atoms with Crippen LogP contribution < -0.4 is 0 Å². The van der Waals surface area contributed by atoms with Gasteiger partial charge in [-0.2, -0.15) is 9.68 Å². The molecular weight excluding hydrogens is 172 g/mol. The van der Waals surface area contributed by atoms with E-state index in [2.05, 4.69) is 9.68 Å². The Labute approximate surface area is 67.9 Å². The zero-order valence-electron chi connectivity index (χ0n) is 6.25. The Morgan fingerprint density at radius 3 is 1.92 bits per heavy atom. The lowest BCUT2D eigenvalue weighted by Crippen LogP contribution is -2.32. The molecule has 0 aliphatic heterocycles. The first kappa shape index (κ1) is 11.0. The van der Waals surface area contributed by atoms with Gasteiger partial charge in [0.2, 0.25) is 5.03 Å². The number of hydrazine groups is 1. The Bertz CT molecular complexity index is 123. The smallest absolute Gasteiger partial charge is 0.216 e. The monoisotopic (exact) mass is 182 g/mol. The summed E-state index contributed by atoms with van der Waals surface area (Å²) in [5.74, 6) is 0. The first-order valence-electron chi connectivity index (χ1n) is 3.14. The molecule has 0 aromatic rings. The van der Waals surface area contributed by atoms with Crippen molar-refractivity contribution in [3.63, 3.8) is 0 Å². The van der Waals surface area contributed by atoms with Crippen LogP contribution in [0.4, 0.5) is 0 Å². The first-order chi connectivity index (χ1) is 5.72. The van der Waals surface area contributed by atoms with Crippen molar-refractivity contribution in [3.05, 3.63) is 10.1 Å². The van der Waals surface area contributed by atoms with Crippen LogP contribution in [0.5, 0.6) is 0 Å². The molecule has 8 heteroatoms. The molecule has 0 saturated heterocycles. The minimum Gasteiger partial charge on any atom is -0.394 e. The van der Waals surface area contributed by atoms with Crippen LogP contribution in [0.1, 0.15) is 0 Å². The van der Waals surface area contributed by atoms with Crippen molar-refractivity contribution in [1.29, 1.82) is 0 Å². The standard InChI is InChI=1S/C4H10N2O6/c7-1-3-11-6(5(9)10)12-4-2-8/h7-8H,1-4H2. The second kappa shape index (κ2) is 6.73. The van der Waals surface area contributed by atoms with E-state index in [1.807, 2.05) is 0 Å². The van der Waals surface area contributed by atoms with E-state index in [0.29, 0.717) is 0 Å². The number of aliphatic hydroxyl groups is 2. The molecule has 0 aliphatic rings. The SMILES string of the molecule is O=[N+]([O-])N(OCCO)OCCO. The fourth-order valence-corrected chi connectivity index (χ4v) is 0.369. The maximum Gasteiger partial charge on any atom is 0.216 e. The molecule has 0 radical (unpaired) electrons. The summed E-state index contributed by atoms with van der Waals surface area (Å²) in [4.78, 5) is 18.6. The van der Waals surface area contributed by atoms with Crippen LogP contribution in [-0.4, -0.2) is 47.0 Å². The molecule has 0 amide bonds. The van der Waals surface area contributed by atoms with Crippen molar-refractivity contribution in [2.24, 2.45) is 0 Å². The number of aliphatic hydroxyl groups excluding tert-OH is 2. The van der Waals surface area contributed by atoms with Gasteiger partial charge in [0.15, 0.2) is 5.34 Å². The fourth-order valence-electron chi connectivity index (χ4n) is 0.369. The summed E-state index contributed by atoms with van der Waals surface area (Å²) < 4.78 is 0. The molecule has 0 saturated carbocycles. The average molecular weight is 182 g/mol. The van der Waals surface area contributed by atoms with E-state index in [4.69, 9.17) is 10.2 Å². The van der Waals surface area contributed by atoms with Crippen LogP contribution in [0.3, 0.4) is 0 Å². The van der Waals surface area contributed by atoms with E-state index in [1.165, 1.54) is 0 Å². The van der Waals surface area contributed by atoms with E-state index in [9.17, 15) is 10.1 Å². The molecule has 0 aromatic carbocycles. The van der Waals surface area contributed by atoms with Crippen LogP contribution >= 0.6 is 0 Å². The molecule has 0 unspecified atom stereocenters. The third-order valence-electron chi connectivity index (χ3n) is 0.719. The summed E-state index contributed by atoms with van der Waals surface area (Å²) in [6.45, 7) is -1.20. The molecule has 0 atom stereocenters. The summed E-state index contributed by atoms with van der Waals surface area (Å²) >= 11 is 0. The van der Waals surface area contributed by atoms with Gasteiger partial charge in [-0.25, -0.2) is 10.1 Å². The Kier molecular flexibility index (Phi) is 6.19. The quantitative estimate of drug-likeness (QED) is 0.358. The van der Waals surface area contributed by atoms with Crippen molar-refractivity contribution in [3.8, 4) is 0 Å². The van der Waals surface area contributed by atoms with Gasteiger partial charge in [0.05, 0.1) is 13.2 Å². The molecule has 0 aromatic heterocycles. The van der Waals surface area contributed by atoms with Crippen molar-refractivity contribution >= 4 is 0 Å². The normalized spacial score (nSPS) is 9.83. The zero-order valence-corrected chi connectivity index (χ0v) is 6.25. The molecule has 2 N–H and O–H groups in total. The highest BCUT2D eigenvalue weighted by Gasteiger charge is 2.15. The van der Waals surface area contributed by atoms with Gasteiger partial charge in [0.1, 0.15) is 13.2 Å². The molecule has 0 bridgehead atoms. The van der Waals surface area contributed by atoms with Gasteiger partial charge in [-0.3, -0.25) is 0 Å². The lowest BCUT2D eigenvalue weighted by atomic mass is 10.8. The predicted octanol–water partition coefficient (Wildman–Crippen LogP) is -1.67. The molecule has 0 rings (SSSR count). The third-order valence-corrected chi connectivity index (χ3v) is 0.719. The average Bonchev–Trinajstić information content (AvgIpc) is 2.04. The van der Waals surface area contributed by atoms with Crippen LogP contribution in [0.2, 0.25) is 0 Å². The van der Waals surface area contributed by atoms with E-state index in [0.717, 1.165) is 0 Å². The van der Waals surface area contributed by atoms with E-state index in [1.54, 1.807) is 0 Å². The largest absolute Gasteiger partial charge is 0.394 e. The van der Waals surface area contributed by atoms with Gasteiger partial charge < -0.3 is 10.2 Å². The zero-order chi connectivity index (χ0) is 9.40. The lowest BCUT2D eigenvalue weighted by molar-refractivity contribution is -0.814. The van der Waals surface area contributed by atoms with Crippen molar-refractivity contribution in [2.75, 3.05) is 26.4 Å². The molecule has 72 valence electrons. The number of nitro groups is 1. The molecule has 8 nitrogen and oxygen atoms in total. The first-order valence-corrected chi connectivity index (χ1v) is 3.14. The van der Waals surface area contributed by atoms with E-state index >= 15 is 0 Å². The highest BCUT2D eigenvalue weighted by Crippen LogP contribution is 1.91. The van der Waals surface area contributed by atoms with Gasteiger partial charge in [0.25, 0.3) is 0 Å². The minimum atomic E-state index is -0.953. The van der Waals surface area contributed by atoms with Crippen molar-refractivity contribution in [2.45, 2.75) is 0 Å². The summed E-state index contributed by atoms with van der Waals surface area (Å²) in [5, 5.41) is 25.6. The second-order valence-corrected chi connectivity index (χ2v) is 1.59. The Morgan fingerprint density at radius 2 is 1.67 bits per heavy atom. The van der Waals surface area contributed by atoms with Crippen molar-refractivity contribution < 1.29 is 24.9 Å². The van der Waals surface area contributed by atoms with Crippen molar-refractivity contribution in [1.82, 2.24) is 5.34 Å². The predicted molar refractivity (Wildman–Crippen MR) is 34.9 cm³/mol. The van der Waals surface area contributed by atoms with Crippen LogP contribution in [-0.2, 0) is 9.68 Å². The van der Waals surface area contributed by atoms with Gasteiger partial charge in [0, 0.05) is 0 Å². The number of rotatable bonds is 7. The van der Waals surface area contributed by atoms with E-state index in [-0.39, 0.29) is 31.8 Å². The highest BCUT2D eigenvalue weighted by atomic mass is 17.0. The van der Waals surface area contributed by atoms with Gasteiger partial charge in [-0.05, 0) is 0 Å². The maximum atomic E-state index is 10.0. The second-order valence-electron chi connectivity index (χ2n) is 1.59. The van der Waals surface area contributed by atoms with Crippen LogP contribution in [0.25, 0.3) is 0 Å². The number of hydrogen-bond donors (Lipinski definition) is 2. The summed E-state index contributed by atoms with van der Waals surface area (Å²) in [6, 6.07) is 0. The molecule has 0 fully saturated rings. The molecule has 0 heterocycles. The summed E-state index contributed by atoms with van der Waals surface area (Å²) in [6.07, 6.45) is 0. The Morgan fingerprint density at radius 1 is 1.25 bits per heavy atom. The number of hydrogen-bond acceptors (Lipinski definition) is 6. The highest BCUT2D eigenvalue weighted by molar-refractivity contribution is 4.17. The maximum absolute atomic E-state index is 10.0. The van der Waals surface area contributed by atoms with Gasteiger partial charge in [-0.15, -0.1) is 0 Å². The molecule has 0 spiro atoms. The molecular formula is C4H10N2O6. The van der Waals surface area contributed by atoms with Crippen LogP contribution in [0.15, 0.2) is 0 Å². The Balaban J connectivity index is 3.62. The topological polar surface area (TPSA) is 105 Å². The summed E-state index contributed by atoms with van der Waals surface area (Å²) in [5.41, 5.74) is 0. The summed E-state index contributed by atoms with van der Waals surface area (Å²) in [7, 11) is 0. The lowest BCUT2D eigenvalue weighted by Gasteiger charge is -2.09. The number of nitrogens with zero attached hydrogens (tertiary/aromatic N) is 2. The molecule has 12 heavy (non-hydrogen) atoms. The van der Waals surface area contributed by atoms with Crippen LogP contribution in [0, 0.1) is 10.1 Å². The molecule has 0 aliphatic carbocycles.